The molecule has 0 fully saturated rings. The average Bonchev–Trinajstić information content (AvgIpc) is 2.51. The smallest absolute Gasteiger partial charge is 0.248 e. The number of pyridine rings is 2. The lowest BCUT2D eigenvalue weighted by Crippen LogP contribution is -2.10. The molecule has 6 nitrogen and oxygen atoms in total. The summed E-state index contributed by atoms with van der Waals surface area (Å²) >= 11 is 5.82. The second kappa shape index (κ2) is 6.97. The van der Waals surface area contributed by atoms with E-state index in [-0.39, 0.29) is 17.1 Å². The molecule has 1 amide bonds. The van der Waals surface area contributed by atoms with Crippen molar-refractivity contribution in [3.8, 4) is 0 Å². The van der Waals surface area contributed by atoms with E-state index < -0.39 is 11.7 Å². The largest absolute Gasteiger partial charge is 0.383 e. The molecule has 0 saturated carbocycles. The molecule has 0 aliphatic carbocycles. The normalized spacial score (nSPS) is 10.7. The van der Waals surface area contributed by atoms with Gasteiger partial charge in [0, 0.05) is 24.1 Å². The SMILES string of the molecule is Cc1ncc(Cl)cc1NC(=O)/C=C/c1nc(N)c(C=N)cc1F. The summed E-state index contributed by atoms with van der Waals surface area (Å²) in [5.41, 5.74) is 6.71. The Hall–Kier alpha value is -2.80. The van der Waals surface area contributed by atoms with Gasteiger partial charge in [-0.3, -0.25) is 9.78 Å². The van der Waals surface area contributed by atoms with Crippen molar-refractivity contribution in [3.05, 3.63) is 52.2 Å². The fraction of sp³-hybridized carbons (Fsp3) is 0.0667. The maximum Gasteiger partial charge on any atom is 0.248 e. The number of aryl methyl sites for hydroxylation is 1. The number of nitrogens with zero attached hydrogens (tertiary/aromatic N) is 2. The van der Waals surface area contributed by atoms with Crippen molar-refractivity contribution in [2.75, 3.05) is 11.1 Å². The van der Waals surface area contributed by atoms with Crippen molar-refractivity contribution >= 4 is 41.3 Å². The molecule has 8 heteroatoms. The first kappa shape index (κ1) is 16.6. The first-order chi connectivity index (χ1) is 10.9. The second-order valence-electron chi connectivity index (χ2n) is 4.58. The highest BCUT2D eigenvalue weighted by molar-refractivity contribution is 6.30. The molecule has 4 N–H and O–H groups in total. The molecule has 0 aromatic carbocycles. The van der Waals surface area contributed by atoms with E-state index in [2.05, 4.69) is 15.3 Å². The predicted molar refractivity (Wildman–Crippen MR) is 88.1 cm³/mol. The van der Waals surface area contributed by atoms with Crippen LogP contribution < -0.4 is 11.1 Å². The van der Waals surface area contributed by atoms with Crippen molar-refractivity contribution in [3.63, 3.8) is 0 Å². The number of halogens is 2. The van der Waals surface area contributed by atoms with Gasteiger partial charge in [-0.15, -0.1) is 0 Å². The van der Waals surface area contributed by atoms with Crippen molar-refractivity contribution < 1.29 is 9.18 Å². The number of amides is 1. The van der Waals surface area contributed by atoms with E-state index in [0.29, 0.717) is 16.4 Å². The Bertz CT molecular complexity index is 807. The van der Waals surface area contributed by atoms with E-state index in [1.54, 1.807) is 13.0 Å². The van der Waals surface area contributed by atoms with E-state index in [0.717, 1.165) is 18.4 Å². The van der Waals surface area contributed by atoms with Crippen LogP contribution >= 0.6 is 11.6 Å². The van der Waals surface area contributed by atoms with Crippen LogP contribution in [0.3, 0.4) is 0 Å². The molecule has 0 unspecified atom stereocenters. The van der Waals surface area contributed by atoms with Gasteiger partial charge in [-0.05, 0) is 25.1 Å². The molecule has 23 heavy (non-hydrogen) atoms. The molecular formula is C15H13ClFN5O. The number of nitrogens with two attached hydrogens (primary N) is 1. The summed E-state index contributed by atoms with van der Waals surface area (Å²) in [7, 11) is 0. The molecule has 0 radical (unpaired) electrons. The van der Waals surface area contributed by atoms with Gasteiger partial charge in [-0.1, -0.05) is 11.6 Å². The molecule has 2 rings (SSSR count). The number of hydrogen-bond acceptors (Lipinski definition) is 5. The lowest BCUT2D eigenvalue weighted by molar-refractivity contribution is -0.111. The van der Waals surface area contributed by atoms with E-state index in [9.17, 15) is 9.18 Å². The van der Waals surface area contributed by atoms with Gasteiger partial charge in [0.15, 0.2) is 0 Å². The van der Waals surface area contributed by atoms with Gasteiger partial charge in [-0.25, -0.2) is 9.37 Å². The highest BCUT2D eigenvalue weighted by Crippen LogP contribution is 2.18. The van der Waals surface area contributed by atoms with Crippen LogP contribution in [-0.4, -0.2) is 22.1 Å². The van der Waals surface area contributed by atoms with Gasteiger partial charge >= 0.3 is 0 Å². The summed E-state index contributed by atoms with van der Waals surface area (Å²) in [4.78, 5) is 19.7. The van der Waals surface area contributed by atoms with Crippen molar-refractivity contribution in [1.82, 2.24) is 9.97 Å². The molecule has 0 saturated heterocycles. The zero-order chi connectivity index (χ0) is 17.0. The lowest BCUT2D eigenvalue weighted by Gasteiger charge is -2.06. The first-order valence-electron chi connectivity index (χ1n) is 6.48. The summed E-state index contributed by atoms with van der Waals surface area (Å²) < 4.78 is 13.8. The Morgan fingerprint density at radius 2 is 2.22 bits per heavy atom. The maximum absolute atomic E-state index is 13.8. The van der Waals surface area contributed by atoms with Crippen LogP contribution in [0.15, 0.2) is 24.4 Å². The average molecular weight is 334 g/mol. The Morgan fingerprint density at radius 1 is 1.48 bits per heavy atom. The number of aromatic nitrogens is 2. The summed E-state index contributed by atoms with van der Waals surface area (Å²) in [5, 5.41) is 10.0. The van der Waals surface area contributed by atoms with Gasteiger partial charge in [0.25, 0.3) is 0 Å². The molecule has 2 aromatic heterocycles. The molecular weight excluding hydrogens is 321 g/mol. The quantitative estimate of drug-likeness (QED) is 0.591. The molecule has 118 valence electrons. The minimum atomic E-state index is -0.678. The topological polar surface area (TPSA) is 105 Å². The Labute approximate surface area is 136 Å². The van der Waals surface area contributed by atoms with Crippen molar-refractivity contribution in [2.24, 2.45) is 0 Å². The lowest BCUT2D eigenvalue weighted by atomic mass is 10.2. The number of hydrogen-bond donors (Lipinski definition) is 3. The van der Waals surface area contributed by atoms with Crippen LogP contribution in [0.1, 0.15) is 17.0 Å². The fourth-order valence-electron chi connectivity index (χ4n) is 1.73. The van der Waals surface area contributed by atoms with E-state index in [4.69, 9.17) is 22.7 Å². The van der Waals surface area contributed by atoms with Gasteiger partial charge < -0.3 is 16.5 Å². The molecule has 0 bridgehead atoms. The van der Waals surface area contributed by atoms with Crippen LogP contribution in [0, 0.1) is 18.2 Å². The van der Waals surface area contributed by atoms with Crippen LogP contribution in [0.25, 0.3) is 6.08 Å². The zero-order valence-corrected chi connectivity index (χ0v) is 12.9. The van der Waals surface area contributed by atoms with Crippen LogP contribution in [0.5, 0.6) is 0 Å². The highest BCUT2D eigenvalue weighted by atomic mass is 35.5. The summed E-state index contributed by atoms with van der Waals surface area (Å²) in [5.74, 6) is -1.16. The van der Waals surface area contributed by atoms with Crippen LogP contribution in [0.2, 0.25) is 5.02 Å². The number of nitrogen functional groups attached to an aromatic ring is 1. The van der Waals surface area contributed by atoms with Gasteiger partial charge in [0.1, 0.15) is 17.3 Å². The van der Waals surface area contributed by atoms with Gasteiger partial charge in [0.2, 0.25) is 5.91 Å². The first-order valence-corrected chi connectivity index (χ1v) is 6.86. The number of rotatable bonds is 4. The van der Waals surface area contributed by atoms with E-state index in [1.165, 1.54) is 12.3 Å². The Balaban J connectivity index is 2.17. The monoisotopic (exact) mass is 333 g/mol. The van der Waals surface area contributed by atoms with Crippen molar-refractivity contribution in [2.45, 2.75) is 6.92 Å². The Kier molecular flexibility index (Phi) is 5.02. The molecule has 0 atom stereocenters. The third-order valence-corrected chi connectivity index (χ3v) is 3.13. The van der Waals surface area contributed by atoms with E-state index >= 15 is 0 Å². The number of carbonyl (C=O) groups excluding carboxylic acids is 1. The highest BCUT2D eigenvalue weighted by Gasteiger charge is 2.08. The minimum absolute atomic E-state index is 0.0105. The summed E-state index contributed by atoms with van der Waals surface area (Å²) in [6.45, 7) is 1.72. The third kappa shape index (κ3) is 4.10. The van der Waals surface area contributed by atoms with Crippen LogP contribution in [-0.2, 0) is 4.79 Å². The fourth-order valence-corrected chi connectivity index (χ4v) is 1.89. The van der Waals surface area contributed by atoms with Crippen LogP contribution in [0.4, 0.5) is 15.9 Å². The van der Waals surface area contributed by atoms with Crippen molar-refractivity contribution in [1.29, 1.82) is 5.41 Å². The maximum atomic E-state index is 13.8. The van der Waals surface area contributed by atoms with Gasteiger partial charge in [-0.2, -0.15) is 0 Å². The molecule has 0 spiro atoms. The number of anilines is 2. The number of nitrogens with one attached hydrogen (secondary N) is 2. The standard InChI is InChI=1S/C15H13ClFN5O/c1-8-13(5-10(16)7-20-8)21-14(23)3-2-12-11(17)4-9(6-18)15(19)22-12/h2-7,18H,1H3,(H2,19,22)(H,21,23)/b3-2+,18-6?. The third-order valence-electron chi connectivity index (χ3n) is 2.92. The molecule has 2 heterocycles. The van der Waals surface area contributed by atoms with Gasteiger partial charge in [0.05, 0.1) is 16.4 Å². The Morgan fingerprint density at radius 3 is 2.91 bits per heavy atom. The number of carbonyl (C=O) groups is 1. The molecule has 0 aliphatic rings. The predicted octanol–water partition coefficient (Wildman–Crippen LogP) is 2.81. The second-order valence-corrected chi connectivity index (χ2v) is 5.02. The summed E-state index contributed by atoms with van der Waals surface area (Å²) in [6.07, 6.45) is 4.69. The summed E-state index contributed by atoms with van der Waals surface area (Å²) in [6, 6.07) is 2.64. The molecule has 0 aliphatic heterocycles. The molecule has 2 aromatic rings. The van der Waals surface area contributed by atoms with E-state index in [1.807, 2.05) is 0 Å². The zero-order valence-electron chi connectivity index (χ0n) is 12.1. The minimum Gasteiger partial charge on any atom is -0.383 e.